The maximum atomic E-state index is 13.8. The Balaban J connectivity index is 1.95. The van der Waals surface area contributed by atoms with Crippen molar-refractivity contribution in [1.29, 1.82) is 0 Å². The second-order valence-corrected chi connectivity index (χ2v) is 7.67. The molecule has 0 bridgehead atoms. The Morgan fingerprint density at radius 2 is 2.00 bits per heavy atom. The zero-order chi connectivity index (χ0) is 15.5. The summed E-state index contributed by atoms with van der Waals surface area (Å²) in [5, 5.41) is 0.0974. The van der Waals surface area contributed by atoms with Crippen LogP contribution in [0.3, 0.4) is 0 Å². The van der Waals surface area contributed by atoms with Gasteiger partial charge in [-0.1, -0.05) is 37.3 Å². The Kier molecular flexibility index (Phi) is 5.46. The summed E-state index contributed by atoms with van der Waals surface area (Å²) in [4.78, 5) is -0.492. The highest BCUT2D eigenvalue weighted by Crippen LogP contribution is 2.28. The van der Waals surface area contributed by atoms with Gasteiger partial charge in [-0.2, -0.15) is 0 Å². The number of halogens is 2. The van der Waals surface area contributed by atoms with Crippen molar-refractivity contribution in [3.63, 3.8) is 0 Å². The number of nitrogens with two attached hydrogens (primary N) is 1. The number of rotatable bonds is 6. The molecule has 1 fully saturated rings. The molecule has 0 aliphatic heterocycles. The summed E-state index contributed by atoms with van der Waals surface area (Å²) in [5.74, 6) is -0.254. The van der Waals surface area contributed by atoms with Crippen LogP contribution in [0.4, 0.5) is 10.1 Å². The van der Waals surface area contributed by atoms with Crippen LogP contribution in [0.25, 0.3) is 0 Å². The smallest absolute Gasteiger partial charge is 0.243 e. The van der Waals surface area contributed by atoms with E-state index in [0.717, 1.165) is 18.9 Å². The molecule has 0 spiro atoms. The van der Waals surface area contributed by atoms with Gasteiger partial charge in [0.25, 0.3) is 0 Å². The van der Waals surface area contributed by atoms with Crippen molar-refractivity contribution in [3.05, 3.63) is 23.0 Å². The Morgan fingerprint density at radius 3 is 2.67 bits per heavy atom. The predicted octanol–water partition coefficient (Wildman–Crippen LogP) is 3.31. The minimum absolute atomic E-state index is 0.0974. The minimum Gasteiger partial charge on any atom is -0.396 e. The first-order chi connectivity index (χ1) is 9.90. The summed E-state index contributed by atoms with van der Waals surface area (Å²) in [6.45, 7) is 0.296. The maximum absolute atomic E-state index is 13.8. The molecule has 2 rings (SSSR count). The zero-order valence-electron chi connectivity index (χ0n) is 11.7. The summed E-state index contributed by atoms with van der Waals surface area (Å²) >= 11 is 5.74. The van der Waals surface area contributed by atoms with Gasteiger partial charge in [0, 0.05) is 11.6 Å². The Morgan fingerprint density at radius 1 is 1.33 bits per heavy atom. The van der Waals surface area contributed by atoms with Crippen LogP contribution in [-0.4, -0.2) is 15.0 Å². The van der Waals surface area contributed by atoms with Gasteiger partial charge in [0.05, 0.1) is 5.69 Å². The number of nitrogens with one attached hydrogen (secondary N) is 1. The quantitative estimate of drug-likeness (QED) is 0.619. The van der Waals surface area contributed by atoms with Crippen LogP contribution in [0.5, 0.6) is 0 Å². The second kappa shape index (κ2) is 6.94. The van der Waals surface area contributed by atoms with Crippen molar-refractivity contribution in [2.24, 2.45) is 5.92 Å². The van der Waals surface area contributed by atoms with Gasteiger partial charge in [-0.05, 0) is 30.9 Å². The highest BCUT2D eigenvalue weighted by molar-refractivity contribution is 7.89. The molecule has 3 N–H and O–H groups in total. The molecule has 0 heterocycles. The Hall–Kier alpha value is -0.850. The normalized spacial score (nSPS) is 16.5. The minimum atomic E-state index is -3.92. The van der Waals surface area contributed by atoms with E-state index in [2.05, 4.69) is 4.72 Å². The van der Waals surface area contributed by atoms with E-state index in [1.165, 1.54) is 31.7 Å². The van der Waals surface area contributed by atoms with Gasteiger partial charge >= 0.3 is 0 Å². The molecule has 0 radical (unpaired) electrons. The zero-order valence-corrected chi connectivity index (χ0v) is 13.3. The molecule has 4 nitrogen and oxygen atoms in total. The topological polar surface area (TPSA) is 72.2 Å². The lowest BCUT2D eigenvalue weighted by Gasteiger charge is -2.11. The predicted molar refractivity (Wildman–Crippen MR) is 82.2 cm³/mol. The fourth-order valence-electron chi connectivity index (χ4n) is 2.75. The lowest BCUT2D eigenvalue weighted by molar-refractivity contribution is 0.480. The van der Waals surface area contributed by atoms with Crippen LogP contribution in [-0.2, 0) is 10.0 Å². The Bertz CT molecular complexity index is 601. The third-order valence-corrected chi connectivity index (χ3v) is 5.56. The van der Waals surface area contributed by atoms with Crippen LogP contribution in [0.2, 0.25) is 5.02 Å². The van der Waals surface area contributed by atoms with Crippen LogP contribution in [0.15, 0.2) is 17.0 Å². The first-order valence-corrected chi connectivity index (χ1v) is 9.00. The molecule has 21 heavy (non-hydrogen) atoms. The van der Waals surface area contributed by atoms with E-state index in [-0.39, 0.29) is 10.7 Å². The molecule has 1 aromatic carbocycles. The monoisotopic (exact) mass is 334 g/mol. The average molecular weight is 335 g/mol. The number of hydrogen-bond acceptors (Lipinski definition) is 3. The van der Waals surface area contributed by atoms with E-state index < -0.39 is 20.7 Å². The molecule has 0 amide bonds. The van der Waals surface area contributed by atoms with Crippen LogP contribution in [0, 0.1) is 11.7 Å². The second-order valence-electron chi connectivity index (χ2n) is 5.50. The molecule has 0 aromatic heterocycles. The fraction of sp³-hybridized carbons (Fsp3) is 0.571. The van der Waals surface area contributed by atoms with E-state index in [0.29, 0.717) is 12.5 Å². The lowest BCUT2D eigenvalue weighted by atomic mass is 10.0. The van der Waals surface area contributed by atoms with Crippen LogP contribution < -0.4 is 10.5 Å². The summed E-state index contributed by atoms with van der Waals surface area (Å²) in [7, 11) is -3.92. The van der Waals surface area contributed by atoms with Gasteiger partial charge in [-0.15, -0.1) is 0 Å². The summed E-state index contributed by atoms with van der Waals surface area (Å²) in [5.41, 5.74) is 5.13. The average Bonchev–Trinajstić information content (AvgIpc) is 2.92. The number of sulfonamides is 1. The van der Waals surface area contributed by atoms with Gasteiger partial charge in [-0.3, -0.25) is 0 Å². The Labute approximate surface area is 129 Å². The van der Waals surface area contributed by atoms with E-state index in [1.807, 2.05) is 0 Å². The highest BCUT2D eigenvalue weighted by atomic mass is 35.5. The number of anilines is 1. The summed E-state index contributed by atoms with van der Waals surface area (Å²) in [6.07, 6.45) is 6.75. The number of nitrogen functional groups attached to an aromatic ring is 1. The molecule has 1 aliphatic rings. The molecular weight excluding hydrogens is 315 g/mol. The van der Waals surface area contributed by atoms with Crippen molar-refractivity contribution in [1.82, 2.24) is 4.72 Å². The van der Waals surface area contributed by atoms with Crippen molar-refractivity contribution in [2.45, 2.75) is 43.4 Å². The van der Waals surface area contributed by atoms with E-state index in [1.54, 1.807) is 0 Å². The molecule has 0 saturated heterocycles. The number of benzene rings is 1. The summed E-state index contributed by atoms with van der Waals surface area (Å²) < 4.78 is 40.4. The standard InChI is InChI=1S/C14H20ClFN2O2S/c15-11-8-12(17)14(16)13(9-11)21(19,20)18-7-3-6-10-4-1-2-5-10/h8-10,18H,1-7,17H2. The third kappa shape index (κ3) is 4.31. The van der Waals surface area contributed by atoms with E-state index in [4.69, 9.17) is 17.3 Å². The molecular formula is C14H20ClFN2O2S. The molecule has 1 saturated carbocycles. The van der Waals surface area contributed by atoms with Gasteiger partial charge in [0.15, 0.2) is 5.82 Å². The van der Waals surface area contributed by atoms with Crippen LogP contribution in [0.1, 0.15) is 38.5 Å². The molecule has 7 heteroatoms. The highest BCUT2D eigenvalue weighted by Gasteiger charge is 2.22. The molecule has 0 unspecified atom stereocenters. The SMILES string of the molecule is Nc1cc(Cl)cc(S(=O)(=O)NCCCC2CCCC2)c1F. The molecule has 0 atom stereocenters. The van der Waals surface area contributed by atoms with Gasteiger partial charge in [0.2, 0.25) is 10.0 Å². The van der Waals surface area contributed by atoms with E-state index in [9.17, 15) is 12.8 Å². The maximum Gasteiger partial charge on any atom is 0.243 e. The van der Waals surface area contributed by atoms with Gasteiger partial charge in [0.1, 0.15) is 4.90 Å². The van der Waals surface area contributed by atoms with Crippen molar-refractivity contribution in [2.75, 3.05) is 12.3 Å². The van der Waals surface area contributed by atoms with Gasteiger partial charge in [-0.25, -0.2) is 17.5 Å². The lowest BCUT2D eigenvalue weighted by Crippen LogP contribution is -2.26. The van der Waals surface area contributed by atoms with Crippen molar-refractivity contribution >= 4 is 27.3 Å². The van der Waals surface area contributed by atoms with Crippen LogP contribution >= 0.6 is 11.6 Å². The third-order valence-electron chi connectivity index (χ3n) is 3.88. The molecule has 1 aromatic rings. The van der Waals surface area contributed by atoms with E-state index >= 15 is 0 Å². The first-order valence-electron chi connectivity index (χ1n) is 7.14. The van der Waals surface area contributed by atoms with Crippen molar-refractivity contribution in [3.8, 4) is 0 Å². The summed E-state index contributed by atoms with van der Waals surface area (Å²) in [6, 6.07) is 2.27. The van der Waals surface area contributed by atoms with Crippen molar-refractivity contribution < 1.29 is 12.8 Å². The van der Waals surface area contributed by atoms with Gasteiger partial charge < -0.3 is 5.73 Å². The molecule has 118 valence electrons. The number of hydrogen-bond donors (Lipinski definition) is 2. The molecule has 1 aliphatic carbocycles. The largest absolute Gasteiger partial charge is 0.396 e. The fourth-order valence-corrected chi connectivity index (χ4v) is 4.25. The first kappa shape index (κ1) is 16.5.